The Kier molecular flexibility index (Phi) is 6.16. The fourth-order valence-corrected chi connectivity index (χ4v) is 6.69. The van der Waals surface area contributed by atoms with Crippen molar-refractivity contribution in [1.29, 1.82) is 0 Å². The molecule has 2 aromatic carbocycles. The van der Waals surface area contributed by atoms with Crippen LogP contribution in [0.2, 0.25) is 5.02 Å². The highest BCUT2D eigenvalue weighted by molar-refractivity contribution is 7.89. The average Bonchev–Trinajstić information content (AvgIpc) is 2.78. The van der Waals surface area contributed by atoms with Gasteiger partial charge in [-0.2, -0.15) is 4.31 Å². The molecule has 2 N–H and O–H groups in total. The molecular formula is C22H25ClN2O4S. The highest BCUT2D eigenvalue weighted by Crippen LogP contribution is 2.42. The summed E-state index contributed by atoms with van der Waals surface area (Å²) in [5.41, 5.74) is 3.51. The number of halogens is 1. The second-order valence-corrected chi connectivity index (χ2v) is 10.4. The van der Waals surface area contributed by atoms with E-state index in [4.69, 9.17) is 11.6 Å². The summed E-state index contributed by atoms with van der Waals surface area (Å²) in [6, 6.07) is 13.1. The molecule has 1 aliphatic heterocycles. The molecule has 2 fully saturated rings. The topological polar surface area (TPSA) is 86.7 Å². The van der Waals surface area contributed by atoms with Gasteiger partial charge in [0, 0.05) is 11.6 Å². The lowest BCUT2D eigenvalue weighted by Gasteiger charge is -2.45. The Morgan fingerprint density at radius 2 is 1.57 bits per heavy atom. The first-order chi connectivity index (χ1) is 14.4. The number of benzene rings is 2. The van der Waals surface area contributed by atoms with E-state index in [2.05, 4.69) is 0 Å². The van der Waals surface area contributed by atoms with Gasteiger partial charge in [-0.15, -0.1) is 0 Å². The van der Waals surface area contributed by atoms with Gasteiger partial charge in [0.2, 0.25) is 10.0 Å². The van der Waals surface area contributed by atoms with E-state index in [1.165, 1.54) is 4.31 Å². The molecule has 6 nitrogen and oxygen atoms in total. The zero-order valence-corrected chi connectivity index (χ0v) is 18.1. The zero-order valence-electron chi connectivity index (χ0n) is 16.5. The van der Waals surface area contributed by atoms with Crippen molar-refractivity contribution in [3.63, 3.8) is 0 Å². The second kappa shape index (κ2) is 8.67. The smallest absolute Gasteiger partial charge is 0.262 e. The highest BCUT2D eigenvalue weighted by Gasteiger charge is 2.47. The summed E-state index contributed by atoms with van der Waals surface area (Å²) in [6.45, 7) is 0.278. The number of carbonyl (C=O) groups is 1. The van der Waals surface area contributed by atoms with Gasteiger partial charge in [-0.05, 0) is 60.1 Å². The number of piperidine rings is 1. The molecule has 30 heavy (non-hydrogen) atoms. The third-order valence-electron chi connectivity index (χ3n) is 6.42. The van der Waals surface area contributed by atoms with E-state index in [-0.39, 0.29) is 17.4 Å². The van der Waals surface area contributed by atoms with E-state index < -0.39 is 22.0 Å². The van der Waals surface area contributed by atoms with Gasteiger partial charge in [-0.25, -0.2) is 13.9 Å². The van der Waals surface area contributed by atoms with Crippen LogP contribution in [-0.2, 0) is 14.8 Å². The van der Waals surface area contributed by atoms with Crippen LogP contribution < -0.4 is 5.48 Å². The Hall–Kier alpha value is -1.93. The van der Waals surface area contributed by atoms with Crippen LogP contribution in [-0.4, -0.2) is 36.4 Å². The summed E-state index contributed by atoms with van der Waals surface area (Å²) in [5.74, 6) is -0.393. The number of nitrogens with one attached hydrogen (secondary N) is 1. The lowest BCUT2D eigenvalue weighted by molar-refractivity contribution is -0.138. The first-order valence-electron chi connectivity index (χ1n) is 10.2. The number of hydroxylamine groups is 1. The number of sulfonamides is 1. The van der Waals surface area contributed by atoms with Crippen LogP contribution >= 0.6 is 11.6 Å². The molecule has 1 saturated carbocycles. The molecule has 1 heterocycles. The molecule has 0 radical (unpaired) electrons. The van der Waals surface area contributed by atoms with E-state index >= 15 is 0 Å². The second-order valence-electron chi connectivity index (χ2n) is 8.06. The van der Waals surface area contributed by atoms with Crippen LogP contribution in [0.25, 0.3) is 11.1 Å². The molecule has 0 spiro atoms. The van der Waals surface area contributed by atoms with Gasteiger partial charge in [0.1, 0.15) is 6.04 Å². The summed E-state index contributed by atoms with van der Waals surface area (Å²) < 4.78 is 28.1. The third kappa shape index (κ3) is 3.99. The zero-order chi connectivity index (χ0) is 21.3. The van der Waals surface area contributed by atoms with Crippen LogP contribution in [0.3, 0.4) is 0 Å². The largest absolute Gasteiger partial charge is 0.289 e. The molecule has 160 valence electrons. The van der Waals surface area contributed by atoms with Crippen molar-refractivity contribution >= 4 is 27.5 Å². The van der Waals surface area contributed by atoms with Gasteiger partial charge in [0.15, 0.2) is 0 Å². The summed E-state index contributed by atoms with van der Waals surface area (Å²) in [4.78, 5) is 12.6. The number of nitrogens with zero attached hydrogens (tertiary/aromatic N) is 1. The number of rotatable bonds is 4. The van der Waals surface area contributed by atoms with E-state index in [0.717, 1.165) is 43.2 Å². The predicted molar refractivity (Wildman–Crippen MR) is 115 cm³/mol. The van der Waals surface area contributed by atoms with Crippen molar-refractivity contribution in [3.8, 4) is 11.1 Å². The van der Waals surface area contributed by atoms with E-state index in [9.17, 15) is 18.4 Å². The fourth-order valence-electron chi connectivity index (χ4n) is 4.91. The van der Waals surface area contributed by atoms with Crippen molar-refractivity contribution < 1.29 is 18.4 Å². The number of carbonyl (C=O) groups excluding carboxylic acids is 1. The Balaban J connectivity index is 1.64. The Labute approximate surface area is 181 Å². The number of amides is 1. The Bertz CT molecular complexity index is 1010. The first kappa shape index (κ1) is 21.3. The summed E-state index contributed by atoms with van der Waals surface area (Å²) in [5, 5.41) is 9.92. The first-order valence-corrected chi connectivity index (χ1v) is 12.1. The standard InChI is InChI=1S/C22H25ClN2O4S/c23-18-9-5-15(6-10-18)16-7-11-19(12-8-16)30(28,29)25-14-13-17-3-1-2-4-20(17)21(25)22(26)24-27/h5-12,17,20-21,27H,1-4,13-14H2,(H,24,26)/t17-,20-,21+/m0/s1. The molecule has 1 saturated heterocycles. The number of hydrogen-bond acceptors (Lipinski definition) is 4. The molecule has 4 rings (SSSR count). The van der Waals surface area contributed by atoms with Crippen molar-refractivity contribution in [2.45, 2.75) is 43.0 Å². The molecule has 8 heteroatoms. The maximum Gasteiger partial charge on any atom is 0.262 e. The van der Waals surface area contributed by atoms with Crippen LogP contribution in [0.4, 0.5) is 0 Å². The van der Waals surface area contributed by atoms with Gasteiger partial charge in [-0.1, -0.05) is 55.1 Å². The van der Waals surface area contributed by atoms with Crippen LogP contribution in [0.15, 0.2) is 53.4 Å². The van der Waals surface area contributed by atoms with Gasteiger partial charge < -0.3 is 0 Å². The lowest BCUT2D eigenvalue weighted by Crippen LogP contribution is -2.58. The van der Waals surface area contributed by atoms with Gasteiger partial charge in [0.25, 0.3) is 5.91 Å². The number of fused-ring (bicyclic) bond motifs is 1. The van der Waals surface area contributed by atoms with Gasteiger partial charge in [0.05, 0.1) is 4.90 Å². The minimum absolute atomic E-state index is 0.0669. The molecule has 2 aromatic rings. The minimum Gasteiger partial charge on any atom is -0.289 e. The SMILES string of the molecule is O=C(NO)[C@H]1[C@H]2CCCC[C@H]2CCN1S(=O)(=O)c1ccc(-c2ccc(Cl)cc2)cc1. The monoisotopic (exact) mass is 448 g/mol. The Morgan fingerprint density at radius 3 is 2.20 bits per heavy atom. The number of hydrogen-bond donors (Lipinski definition) is 2. The van der Waals surface area contributed by atoms with E-state index in [1.54, 1.807) is 41.9 Å². The predicted octanol–water partition coefficient (Wildman–Crippen LogP) is 4.08. The quantitative estimate of drug-likeness (QED) is 0.545. The maximum atomic E-state index is 13.4. The summed E-state index contributed by atoms with van der Waals surface area (Å²) in [6.07, 6.45) is 4.61. The van der Waals surface area contributed by atoms with Crippen molar-refractivity contribution in [1.82, 2.24) is 9.79 Å². The molecule has 0 unspecified atom stereocenters. The van der Waals surface area contributed by atoms with Crippen molar-refractivity contribution in [2.24, 2.45) is 11.8 Å². The maximum absolute atomic E-state index is 13.4. The van der Waals surface area contributed by atoms with E-state index in [0.29, 0.717) is 10.9 Å². The molecule has 2 aliphatic rings. The lowest BCUT2D eigenvalue weighted by atomic mass is 9.71. The molecule has 1 amide bonds. The molecule has 1 aliphatic carbocycles. The average molecular weight is 449 g/mol. The van der Waals surface area contributed by atoms with Crippen molar-refractivity contribution in [3.05, 3.63) is 53.6 Å². The molecule has 3 atom stereocenters. The minimum atomic E-state index is -3.88. The molecular weight excluding hydrogens is 424 g/mol. The molecule has 0 bridgehead atoms. The van der Waals surface area contributed by atoms with Crippen LogP contribution in [0.5, 0.6) is 0 Å². The van der Waals surface area contributed by atoms with Crippen LogP contribution in [0, 0.1) is 11.8 Å². The normalized spacial score (nSPS) is 24.8. The van der Waals surface area contributed by atoms with Gasteiger partial charge >= 0.3 is 0 Å². The summed E-state index contributed by atoms with van der Waals surface area (Å²) in [7, 11) is -3.88. The summed E-state index contributed by atoms with van der Waals surface area (Å²) >= 11 is 5.93. The van der Waals surface area contributed by atoms with Gasteiger partial charge in [-0.3, -0.25) is 10.0 Å². The fraction of sp³-hybridized carbons (Fsp3) is 0.409. The van der Waals surface area contributed by atoms with E-state index in [1.807, 2.05) is 12.1 Å². The molecule has 0 aromatic heterocycles. The van der Waals surface area contributed by atoms with Crippen molar-refractivity contribution in [2.75, 3.05) is 6.54 Å². The Morgan fingerprint density at radius 1 is 0.967 bits per heavy atom. The highest BCUT2D eigenvalue weighted by atomic mass is 35.5. The van der Waals surface area contributed by atoms with Crippen LogP contribution in [0.1, 0.15) is 32.1 Å². The third-order valence-corrected chi connectivity index (χ3v) is 8.57.